The van der Waals surface area contributed by atoms with Crippen molar-refractivity contribution in [3.05, 3.63) is 60.2 Å². The Labute approximate surface area is 418 Å². The molecule has 18 nitrogen and oxygen atoms in total. The summed E-state index contributed by atoms with van der Waals surface area (Å²) in [7, 11) is 3.76. The number of nitrogens with one attached hydrogen (secondary N) is 5. The number of nitrogens with zero attached hydrogens (tertiary/aromatic N) is 6. The summed E-state index contributed by atoms with van der Waals surface area (Å²) >= 11 is 0. The second kappa shape index (κ2) is 24.6. The molecular weight excluding hydrogens is 936 g/mol. The van der Waals surface area contributed by atoms with E-state index in [0.717, 1.165) is 24.1 Å². The summed E-state index contributed by atoms with van der Waals surface area (Å²) in [4.78, 5) is 96.8. The highest BCUT2D eigenvalue weighted by molar-refractivity contribution is 5.94. The molecular formula is C51H70F3N11O7. The zero-order chi connectivity index (χ0) is 51.5. The van der Waals surface area contributed by atoms with E-state index in [9.17, 15) is 41.9 Å². The van der Waals surface area contributed by atoms with Crippen molar-refractivity contribution in [2.45, 2.75) is 146 Å². The molecule has 0 radical (unpaired) electrons. The third-order valence-corrected chi connectivity index (χ3v) is 15.0. The van der Waals surface area contributed by atoms with E-state index >= 15 is 0 Å². The molecule has 0 spiro atoms. The number of alkyl halides is 3. The second-order valence-electron chi connectivity index (χ2n) is 20.0. The van der Waals surface area contributed by atoms with Crippen LogP contribution in [0.5, 0.6) is 0 Å². The number of benzene rings is 1. The maximum atomic E-state index is 14.1. The van der Waals surface area contributed by atoms with Crippen molar-refractivity contribution >= 4 is 52.2 Å². The number of fused-ring (bicyclic) bond motifs is 1. The van der Waals surface area contributed by atoms with Crippen molar-refractivity contribution in [3.8, 4) is 0 Å². The summed E-state index contributed by atoms with van der Waals surface area (Å²) in [6.07, 6.45) is 6.67. The maximum Gasteiger partial charge on any atom is 0.416 e. The molecule has 2 aromatic heterocycles. The average molecular weight is 1010 g/mol. The summed E-state index contributed by atoms with van der Waals surface area (Å²) in [5.41, 5.74) is 0.299. The van der Waals surface area contributed by atoms with E-state index in [1.165, 1.54) is 12.4 Å². The van der Waals surface area contributed by atoms with E-state index in [2.05, 4.69) is 67.3 Å². The van der Waals surface area contributed by atoms with E-state index < -0.39 is 23.7 Å². The first-order chi connectivity index (χ1) is 34.5. The maximum absolute atomic E-state index is 14.1. The molecule has 0 bridgehead atoms. The Morgan fingerprint density at radius 1 is 0.889 bits per heavy atom. The normalized spacial score (nSPS) is 24.7. The molecule has 2 aliphatic heterocycles. The highest BCUT2D eigenvalue weighted by Gasteiger charge is 2.45. The Kier molecular flexibility index (Phi) is 18.4. The summed E-state index contributed by atoms with van der Waals surface area (Å²) in [6.45, 7) is 5.99. The lowest BCUT2D eigenvalue weighted by Gasteiger charge is -2.45. The number of rotatable bonds is 21. The third kappa shape index (κ3) is 13.8. The lowest BCUT2D eigenvalue weighted by molar-refractivity contribution is -0.137. The van der Waals surface area contributed by atoms with Crippen molar-refractivity contribution in [3.63, 3.8) is 0 Å². The summed E-state index contributed by atoms with van der Waals surface area (Å²) in [6, 6.07) is 5.66. The van der Waals surface area contributed by atoms with Crippen molar-refractivity contribution in [1.29, 1.82) is 0 Å². The molecule has 3 aromatic rings. The zero-order valence-corrected chi connectivity index (χ0v) is 41.7. The molecule has 2 aliphatic carbocycles. The minimum Gasteiger partial charge on any atom is -0.381 e. The number of halogens is 3. The molecule has 0 unspecified atom stereocenters. The average Bonchev–Trinajstić information content (AvgIpc) is 3.88. The Morgan fingerprint density at radius 2 is 1.67 bits per heavy atom. The predicted molar refractivity (Wildman–Crippen MR) is 262 cm³/mol. The molecule has 5 N–H and O–H groups in total. The number of ether oxygens (including phenoxy) is 1. The summed E-state index contributed by atoms with van der Waals surface area (Å²) in [5, 5.41) is 15.5. The van der Waals surface area contributed by atoms with Crippen LogP contribution in [0.3, 0.4) is 0 Å². The molecule has 4 heterocycles. The minimum atomic E-state index is -4.55. The van der Waals surface area contributed by atoms with Gasteiger partial charge in [-0.25, -0.2) is 9.97 Å². The fourth-order valence-corrected chi connectivity index (χ4v) is 10.7. The van der Waals surface area contributed by atoms with E-state index in [4.69, 9.17) is 4.74 Å². The Balaban J connectivity index is 0.782. The van der Waals surface area contributed by atoms with Crippen molar-refractivity contribution in [2.75, 3.05) is 52.3 Å². The lowest BCUT2D eigenvalue weighted by atomic mass is 9.82. The number of aromatic nitrogens is 3. The predicted octanol–water partition coefficient (Wildman–Crippen LogP) is 4.51. The summed E-state index contributed by atoms with van der Waals surface area (Å²) < 4.78 is 46.4. The van der Waals surface area contributed by atoms with Gasteiger partial charge in [0.25, 0.3) is 0 Å². The van der Waals surface area contributed by atoms with Gasteiger partial charge in [-0.3, -0.25) is 33.8 Å². The van der Waals surface area contributed by atoms with Gasteiger partial charge < -0.3 is 46.0 Å². The second-order valence-corrected chi connectivity index (χ2v) is 20.0. The van der Waals surface area contributed by atoms with E-state index in [1.54, 1.807) is 30.4 Å². The van der Waals surface area contributed by atoms with Gasteiger partial charge in [0.1, 0.15) is 18.2 Å². The largest absolute Gasteiger partial charge is 0.416 e. The van der Waals surface area contributed by atoms with E-state index in [0.29, 0.717) is 89.5 Å². The Bertz CT molecular complexity index is 2370. The van der Waals surface area contributed by atoms with Crippen LogP contribution in [-0.4, -0.2) is 148 Å². The van der Waals surface area contributed by atoms with E-state index in [1.807, 2.05) is 11.0 Å². The first-order valence-corrected chi connectivity index (χ1v) is 25.5. The van der Waals surface area contributed by atoms with Gasteiger partial charge in [-0.2, -0.15) is 13.2 Å². The van der Waals surface area contributed by atoms with Crippen LogP contribution in [0.25, 0.3) is 10.9 Å². The fraction of sp³-hybridized carbons (Fsp3) is 0.627. The number of carbonyl (C=O) groups is 6. The van der Waals surface area contributed by atoms with Gasteiger partial charge in [-0.15, -0.1) is 0 Å². The quantitative estimate of drug-likeness (QED) is 0.0932. The molecule has 392 valence electrons. The molecule has 4 aliphatic rings. The summed E-state index contributed by atoms with van der Waals surface area (Å²) in [5.74, 6) is -1.46. The highest BCUT2D eigenvalue weighted by Crippen LogP contribution is 2.38. The standard InChI is InChI=1S/C51H70F3N11O7/c1-31(2)63(3)36-15-17-42(65-23-18-40(50(65)71)61-47-37-26-34(51(52,53)54)12-16-39(37)58-30-59-47)41(27-36)62-48(69)32-10-13-35(14-11-32)60-44(67)19-25-72-24-7-22-56-43(66)9-6-21-57-49(70)38-28-45(68)64(4)46(38)33-8-5-20-55-29-33/h5,8,12,16,20,26,29-32,35-36,38,40-42,46H,6-7,9-11,13-15,17-19,21-25,27-28H2,1-4H3,(H,56,66)(H,57,70)(H,60,67)(H,62,69)(H,58,59,61)/t32?,35?,36-,38+,40+,41-,42+,46-/m1/s1. The molecule has 2 saturated heterocycles. The van der Waals surface area contributed by atoms with Gasteiger partial charge >= 0.3 is 6.18 Å². The Morgan fingerprint density at radius 3 is 2.40 bits per heavy atom. The van der Waals surface area contributed by atoms with Crippen molar-refractivity contribution in [2.24, 2.45) is 11.8 Å². The lowest BCUT2D eigenvalue weighted by Crippen LogP contribution is -2.59. The molecule has 6 atom stereocenters. The van der Waals surface area contributed by atoms with Gasteiger partial charge in [0.2, 0.25) is 35.4 Å². The topological polar surface area (TPSA) is 220 Å². The van der Waals surface area contributed by atoms with Crippen molar-refractivity contribution in [1.82, 2.24) is 50.9 Å². The SMILES string of the molecule is CC(C)N(C)[C@@H]1CC[C@H](N2CC[C@H](Nc3ncnc4ccc(C(F)(F)F)cc34)C2=O)[C@H](NC(=O)C2CCC(NC(=O)CCOCCCNC(=O)CCCNC(=O)[C@H]3CC(=O)N(C)[C@@H]3c3cccnc3)CC2)C1. The highest BCUT2D eigenvalue weighted by atomic mass is 19.4. The smallest absolute Gasteiger partial charge is 0.381 e. The van der Waals surface area contributed by atoms with Gasteiger partial charge in [-0.1, -0.05) is 6.07 Å². The monoisotopic (exact) mass is 1010 g/mol. The van der Waals surface area contributed by atoms with Crippen LogP contribution >= 0.6 is 0 Å². The number of amides is 6. The third-order valence-electron chi connectivity index (χ3n) is 15.0. The van der Waals surface area contributed by atoms with Gasteiger partial charge in [0.05, 0.1) is 41.7 Å². The molecule has 1 aromatic carbocycles. The molecule has 4 fully saturated rings. The van der Waals surface area contributed by atoms with Crippen molar-refractivity contribution < 1.29 is 46.7 Å². The number of hydrogen-bond acceptors (Lipinski definition) is 12. The zero-order valence-electron chi connectivity index (χ0n) is 41.7. The molecule has 2 saturated carbocycles. The first-order valence-electron chi connectivity index (χ1n) is 25.5. The van der Waals surface area contributed by atoms with Crippen LogP contribution < -0.4 is 26.6 Å². The number of likely N-dealkylation sites (tertiary alicyclic amines) is 2. The molecule has 7 rings (SSSR count). The number of hydrogen-bond donors (Lipinski definition) is 5. The minimum absolute atomic E-state index is 0.0618. The van der Waals surface area contributed by atoms with Crippen LogP contribution in [-0.2, 0) is 39.7 Å². The molecule has 21 heteroatoms. The Hall–Kier alpha value is -5.96. The van der Waals surface area contributed by atoms with Crippen LogP contribution in [0.15, 0.2) is 49.1 Å². The van der Waals surface area contributed by atoms with Crippen LogP contribution in [0, 0.1) is 11.8 Å². The molecule has 6 amide bonds. The van der Waals surface area contributed by atoms with Gasteiger partial charge in [-0.05, 0) is 115 Å². The van der Waals surface area contributed by atoms with E-state index in [-0.39, 0.29) is 115 Å². The van der Waals surface area contributed by atoms with Crippen LogP contribution in [0.4, 0.5) is 19.0 Å². The number of anilines is 1. The number of pyridine rings is 1. The van der Waals surface area contributed by atoms with Crippen LogP contribution in [0.1, 0.15) is 114 Å². The van der Waals surface area contributed by atoms with Gasteiger partial charge in [0, 0.05) is 94.4 Å². The fourth-order valence-electron chi connectivity index (χ4n) is 10.7. The molecule has 72 heavy (non-hydrogen) atoms. The van der Waals surface area contributed by atoms with Crippen LogP contribution in [0.2, 0.25) is 0 Å². The number of carbonyl (C=O) groups excluding carboxylic acids is 6. The van der Waals surface area contributed by atoms with Gasteiger partial charge in [0.15, 0.2) is 0 Å². The first kappa shape index (κ1) is 53.8.